The van der Waals surface area contributed by atoms with Gasteiger partial charge in [-0.2, -0.15) is 0 Å². The maximum absolute atomic E-state index is 11.9. The van der Waals surface area contributed by atoms with Crippen molar-refractivity contribution >= 4 is 12.1 Å². The van der Waals surface area contributed by atoms with Gasteiger partial charge in [-0.3, -0.25) is 0 Å². The average molecular weight is 323 g/mol. The van der Waals surface area contributed by atoms with Gasteiger partial charge in [-0.05, 0) is 19.4 Å². The van der Waals surface area contributed by atoms with Gasteiger partial charge < -0.3 is 24.3 Å². The lowest BCUT2D eigenvalue weighted by atomic mass is 10.2. The average Bonchev–Trinajstić information content (AvgIpc) is 2.90. The SMILES string of the molecule is COC(=O)[C@H](NC(=O)OCc1ccccc1)[C@H]1COC(C)(C)O1. The van der Waals surface area contributed by atoms with Gasteiger partial charge in [0.2, 0.25) is 0 Å². The van der Waals surface area contributed by atoms with E-state index in [1.54, 1.807) is 13.8 Å². The van der Waals surface area contributed by atoms with E-state index in [-0.39, 0.29) is 13.2 Å². The molecule has 0 saturated carbocycles. The molecule has 0 unspecified atom stereocenters. The quantitative estimate of drug-likeness (QED) is 0.829. The summed E-state index contributed by atoms with van der Waals surface area (Å²) in [5.74, 6) is -1.43. The van der Waals surface area contributed by atoms with E-state index >= 15 is 0 Å². The lowest BCUT2D eigenvalue weighted by Gasteiger charge is -2.23. The molecule has 7 heteroatoms. The summed E-state index contributed by atoms with van der Waals surface area (Å²) < 4.78 is 20.8. The molecule has 2 atom stereocenters. The summed E-state index contributed by atoms with van der Waals surface area (Å²) in [7, 11) is 1.24. The topological polar surface area (TPSA) is 83.1 Å². The highest BCUT2D eigenvalue weighted by atomic mass is 16.7. The van der Waals surface area contributed by atoms with Gasteiger partial charge in [0.15, 0.2) is 11.8 Å². The normalized spacial score (nSPS) is 20.6. The van der Waals surface area contributed by atoms with Crippen molar-refractivity contribution in [2.75, 3.05) is 13.7 Å². The Morgan fingerprint density at radius 1 is 1.35 bits per heavy atom. The first-order chi connectivity index (χ1) is 10.9. The number of hydrogen-bond acceptors (Lipinski definition) is 6. The van der Waals surface area contributed by atoms with E-state index in [1.165, 1.54) is 7.11 Å². The third-order valence-electron chi connectivity index (χ3n) is 3.34. The first kappa shape index (κ1) is 17.2. The second kappa shape index (κ2) is 7.43. The summed E-state index contributed by atoms with van der Waals surface area (Å²) in [6.45, 7) is 3.74. The van der Waals surface area contributed by atoms with Gasteiger partial charge >= 0.3 is 12.1 Å². The van der Waals surface area contributed by atoms with Gasteiger partial charge in [0.1, 0.15) is 12.7 Å². The molecule has 7 nitrogen and oxygen atoms in total. The number of esters is 1. The predicted molar refractivity (Wildman–Crippen MR) is 80.5 cm³/mol. The van der Waals surface area contributed by atoms with Crippen LogP contribution in [-0.2, 0) is 30.3 Å². The molecule has 1 heterocycles. The summed E-state index contributed by atoms with van der Waals surface area (Å²) >= 11 is 0. The smallest absolute Gasteiger partial charge is 0.408 e. The Morgan fingerprint density at radius 2 is 2.04 bits per heavy atom. The Hall–Kier alpha value is -2.12. The van der Waals surface area contributed by atoms with Crippen molar-refractivity contribution in [2.45, 2.75) is 38.4 Å². The van der Waals surface area contributed by atoms with Crippen molar-refractivity contribution < 1.29 is 28.5 Å². The van der Waals surface area contributed by atoms with Crippen LogP contribution in [0.5, 0.6) is 0 Å². The van der Waals surface area contributed by atoms with E-state index in [2.05, 4.69) is 5.32 Å². The van der Waals surface area contributed by atoms with Gasteiger partial charge in [-0.15, -0.1) is 0 Å². The molecule has 1 fully saturated rings. The third kappa shape index (κ3) is 4.94. The maximum Gasteiger partial charge on any atom is 0.408 e. The van der Waals surface area contributed by atoms with E-state index in [1.807, 2.05) is 30.3 Å². The summed E-state index contributed by atoms with van der Waals surface area (Å²) in [5, 5.41) is 2.48. The first-order valence-corrected chi connectivity index (χ1v) is 7.28. The zero-order valence-corrected chi connectivity index (χ0v) is 13.4. The molecule has 0 bridgehead atoms. The summed E-state index contributed by atoms with van der Waals surface area (Å²) in [6, 6.07) is 8.24. The molecule has 0 aromatic heterocycles. The van der Waals surface area contributed by atoms with Crippen LogP contribution in [0.15, 0.2) is 30.3 Å². The zero-order chi connectivity index (χ0) is 16.9. The standard InChI is InChI=1S/C16H21NO6/c1-16(2)22-10-12(23-16)13(14(18)20-3)17-15(19)21-9-11-7-5-4-6-8-11/h4-8,12-13H,9-10H2,1-3H3,(H,17,19)/t12-,13-/m1/s1. The summed E-state index contributed by atoms with van der Waals surface area (Å²) in [6.07, 6.45) is -1.36. The van der Waals surface area contributed by atoms with Gasteiger partial charge in [0.25, 0.3) is 0 Å². The number of rotatable bonds is 5. The number of amides is 1. The van der Waals surface area contributed by atoms with Crippen LogP contribution in [0.25, 0.3) is 0 Å². The second-order valence-corrected chi connectivity index (χ2v) is 5.57. The van der Waals surface area contributed by atoms with E-state index in [9.17, 15) is 9.59 Å². The Kier molecular flexibility index (Phi) is 5.57. The fourth-order valence-corrected chi connectivity index (χ4v) is 2.20. The number of ether oxygens (including phenoxy) is 4. The van der Waals surface area contributed by atoms with Crippen LogP contribution >= 0.6 is 0 Å². The fraction of sp³-hybridized carbons (Fsp3) is 0.500. The van der Waals surface area contributed by atoms with E-state index in [4.69, 9.17) is 18.9 Å². The minimum atomic E-state index is -0.995. The number of nitrogens with one attached hydrogen (secondary N) is 1. The third-order valence-corrected chi connectivity index (χ3v) is 3.34. The molecule has 1 aromatic rings. The van der Waals surface area contributed by atoms with E-state index in [0.29, 0.717) is 0 Å². The van der Waals surface area contributed by atoms with E-state index < -0.39 is 30.0 Å². The molecule has 1 aromatic carbocycles. The fourth-order valence-electron chi connectivity index (χ4n) is 2.20. The van der Waals surface area contributed by atoms with Crippen LogP contribution in [0.1, 0.15) is 19.4 Å². The Morgan fingerprint density at radius 3 is 2.61 bits per heavy atom. The van der Waals surface area contributed by atoms with Crippen LogP contribution in [0.4, 0.5) is 4.79 Å². The van der Waals surface area contributed by atoms with Crippen LogP contribution in [0.2, 0.25) is 0 Å². The van der Waals surface area contributed by atoms with Crippen molar-refractivity contribution in [3.63, 3.8) is 0 Å². The number of hydrogen-bond donors (Lipinski definition) is 1. The number of benzene rings is 1. The Bertz CT molecular complexity index is 545. The molecule has 1 amide bonds. The molecule has 0 radical (unpaired) electrons. The number of methoxy groups -OCH3 is 1. The molecule has 1 saturated heterocycles. The molecule has 1 aliphatic rings. The summed E-state index contributed by atoms with van der Waals surface area (Å²) in [5.41, 5.74) is 0.846. The molecule has 1 N–H and O–H groups in total. The van der Waals surface area contributed by atoms with Gasteiger partial charge in [-0.25, -0.2) is 9.59 Å². The monoisotopic (exact) mass is 323 g/mol. The minimum absolute atomic E-state index is 0.105. The highest BCUT2D eigenvalue weighted by Crippen LogP contribution is 2.24. The van der Waals surface area contributed by atoms with Crippen LogP contribution < -0.4 is 5.32 Å². The van der Waals surface area contributed by atoms with Crippen molar-refractivity contribution in [3.8, 4) is 0 Å². The first-order valence-electron chi connectivity index (χ1n) is 7.28. The van der Waals surface area contributed by atoms with Crippen LogP contribution in [0, 0.1) is 0 Å². The van der Waals surface area contributed by atoms with Gasteiger partial charge in [0.05, 0.1) is 13.7 Å². The number of carbonyl (C=O) groups excluding carboxylic acids is 2. The molecular weight excluding hydrogens is 302 g/mol. The highest BCUT2D eigenvalue weighted by Gasteiger charge is 2.42. The highest BCUT2D eigenvalue weighted by molar-refractivity contribution is 5.82. The molecule has 0 aliphatic carbocycles. The predicted octanol–water partition coefficient (Wildman–Crippen LogP) is 1.61. The van der Waals surface area contributed by atoms with Crippen molar-refractivity contribution in [1.29, 1.82) is 0 Å². The summed E-state index contributed by atoms with van der Waals surface area (Å²) in [4.78, 5) is 23.8. The minimum Gasteiger partial charge on any atom is -0.467 e. The molecule has 2 rings (SSSR count). The Labute approximate surface area is 134 Å². The van der Waals surface area contributed by atoms with E-state index in [0.717, 1.165) is 5.56 Å². The number of alkyl carbamates (subject to hydrolysis) is 1. The lowest BCUT2D eigenvalue weighted by Crippen LogP contribution is -2.50. The zero-order valence-electron chi connectivity index (χ0n) is 13.4. The van der Waals surface area contributed by atoms with Crippen molar-refractivity contribution in [2.24, 2.45) is 0 Å². The molecular formula is C16H21NO6. The molecule has 1 aliphatic heterocycles. The lowest BCUT2D eigenvalue weighted by molar-refractivity contribution is -0.156. The second-order valence-electron chi connectivity index (χ2n) is 5.57. The van der Waals surface area contributed by atoms with Crippen molar-refractivity contribution in [3.05, 3.63) is 35.9 Å². The molecule has 23 heavy (non-hydrogen) atoms. The number of carbonyl (C=O) groups is 2. The van der Waals surface area contributed by atoms with Crippen LogP contribution in [-0.4, -0.2) is 43.7 Å². The molecule has 126 valence electrons. The van der Waals surface area contributed by atoms with Crippen molar-refractivity contribution in [1.82, 2.24) is 5.32 Å². The largest absolute Gasteiger partial charge is 0.467 e. The van der Waals surface area contributed by atoms with Crippen LogP contribution in [0.3, 0.4) is 0 Å². The maximum atomic E-state index is 11.9. The Balaban J connectivity index is 1.92. The van der Waals surface area contributed by atoms with Gasteiger partial charge in [0, 0.05) is 0 Å². The molecule has 0 spiro atoms. The van der Waals surface area contributed by atoms with Gasteiger partial charge in [-0.1, -0.05) is 30.3 Å².